The van der Waals surface area contributed by atoms with Gasteiger partial charge in [0.05, 0.1) is 11.4 Å². The molecule has 0 aliphatic heterocycles. The van der Waals surface area contributed by atoms with Gasteiger partial charge in [-0.15, -0.1) is 0 Å². The van der Waals surface area contributed by atoms with Gasteiger partial charge in [-0.25, -0.2) is 4.98 Å². The van der Waals surface area contributed by atoms with Crippen LogP contribution in [0.3, 0.4) is 0 Å². The fraction of sp³-hybridized carbons (Fsp3) is 0.500. The summed E-state index contributed by atoms with van der Waals surface area (Å²) in [6.45, 7) is 6.79. The van der Waals surface area contributed by atoms with E-state index in [4.69, 9.17) is 5.11 Å². The number of carboxylic acids is 1. The number of allylic oxidation sites excluding steroid dienone is 2. The lowest BCUT2D eigenvalue weighted by Crippen LogP contribution is -2.06. The molecule has 0 bridgehead atoms. The van der Waals surface area contributed by atoms with Gasteiger partial charge < -0.3 is 5.11 Å². The number of aliphatic carboxylic acids is 1. The number of fused-ring (bicyclic) bond motifs is 1. The SMILES string of the molecule is CCc1nn(C)c2c1nc(SCC(=O)O)n2CC=C(C)C. The Labute approximate surface area is 127 Å². The molecule has 0 spiro atoms. The number of nitrogens with zero attached hydrogens (tertiary/aromatic N) is 4. The van der Waals surface area contributed by atoms with Gasteiger partial charge in [-0.3, -0.25) is 14.0 Å². The Kier molecular flexibility index (Phi) is 4.72. The van der Waals surface area contributed by atoms with Crippen molar-refractivity contribution in [2.45, 2.75) is 38.9 Å². The molecule has 0 aliphatic carbocycles. The smallest absolute Gasteiger partial charge is 0.313 e. The van der Waals surface area contributed by atoms with Crippen LogP contribution in [0.2, 0.25) is 0 Å². The molecule has 0 saturated carbocycles. The van der Waals surface area contributed by atoms with Gasteiger partial charge in [0.25, 0.3) is 0 Å². The van der Waals surface area contributed by atoms with Gasteiger partial charge in [0.1, 0.15) is 5.52 Å². The summed E-state index contributed by atoms with van der Waals surface area (Å²) in [5.41, 5.74) is 3.97. The zero-order valence-electron chi connectivity index (χ0n) is 12.8. The van der Waals surface area contributed by atoms with Gasteiger partial charge in [-0.1, -0.05) is 30.3 Å². The predicted molar refractivity (Wildman–Crippen MR) is 83.7 cm³/mol. The third-order valence-electron chi connectivity index (χ3n) is 3.10. The van der Waals surface area contributed by atoms with Crippen molar-refractivity contribution in [3.8, 4) is 0 Å². The summed E-state index contributed by atoms with van der Waals surface area (Å²) < 4.78 is 3.85. The van der Waals surface area contributed by atoms with Gasteiger partial charge in [-0.05, 0) is 20.3 Å². The Balaban J connectivity index is 2.51. The summed E-state index contributed by atoms with van der Waals surface area (Å²) in [7, 11) is 1.90. The molecule has 2 aromatic rings. The second kappa shape index (κ2) is 6.34. The number of imidazole rings is 1. The third-order valence-corrected chi connectivity index (χ3v) is 4.06. The van der Waals surface area contributed by atoms with E-state index in [0.717, 1.165) is 28.4 Å². The maximum Gasteiger partial charge on any atom is 0.313 e. The van der Waals surface area contributed by atoms with E-state index in [9.17, 15) is 4.79 Å². The molecule has 0 unspecified atom stereocenters. The first-order valence-corrected chi connectivity index (χ1v) is 7.82. The number of aryl methyl sites for hydroxylation is 2. The number of thioether (sulfide) groups is 1. The number of aromatic nitrogens is 4. The highest BCUT2D eigenvalue weighted by Crippen LogP contribution is 2.26. The lowest BCUT2D eigenvalue weighted by Gasteiger charge is -2.06. The Morgan fingerprint density at radius 2 is 2.14 bits per heavy atom. The van der Waals surface area contributed by atoms with Crippen molar-refractivity contribution in [2.75, 3.05) is 5.75 Å². The average molecular weight is 308 g/mol. The van der Waals surface area contributed by atoms with Crippen LogP contribution in [0.15, 0.2) is 16.8 Å². The molecule has 0 fully saturated rings. The average Bonchev–Trinajstić information content (AvgIpc) is 2.92. The summed E-state index contributed by atoms with van der Waals surface area (Å²) in [6, 6.07) is 0. The number of carboxylic acid groups (broad SMARTS) is 1. The summed E-state index contributed by atoms with van der Waals surface area (Å²) in [5.74, 6) is -0.831. The van der Waals surface area contributed by atoms with Crippen molar-refractivity contribution < 1.29 is 9.90 Å². The molecule has 0 amide bonds. The molecule has 2 rings (SSSR count). The van der Waals surface area contributed by atoms with Crippen molar-refractivity contribution in [3.63, 3.8) is 0 Å². The van der Waals surface area contributed by atoms with Crippen LogP contribution < -0.4 is 0 Å². The van der Waals surface area contributed by atoms with Crippen LogP contribution in [-0.4, -0.2) is 36.2 Å². The highest BCUT2D eigenvalue weighted by Gasteiger charge is 2.18. The van der Waals surface area contributed by atoms with Gasteiger partial charge >= 0.3 is 5.97 Å². The summed E-state index contributed by atoms with van der Waals surface area (Å²) in [5, 5.41) is 14.1. The minimum absolute atomic E-state index is 0.00697. The van der Waals surface area contributed by atoms with Crippen LogP contribution in [-0.2, 0) is 24.8 Å². The summed E-state index contributed by atoms with van der Waals surface area (Å²) >= 11 is 1.25. The molecule has 2 heterocycles. The molecule has 2 aromatic heterocycles. The normalized spacial score (nSPS) is 11.0. The van der Waals surface area contributed by atoms with Crippen LogP contribution in [0.1, 0.15) is 26.5 Å². The van der Waals surface area contributed by atoms with E-state index >= 15 is 0 Å². The first-order chi connectivity index (χ1) is 9.93. The molecule has 0 radical (unpaired) electrons. The van der Waals surface area contributed by atoms with E-state index in [1.54, 1.807) is 0 Å². The molecule has 1 N–H and O–H groups in total. The van der Waals surface area contributed by atoms with Gasteiger partial charge in [-0.2, -0.15) is 5.10 Å². The van der Waals surface area contributed by atoms with E-state index in [1.165, 1.54) is 17.3 Å². The van der Waals surface area contributed by atoms with Gasteiger partial charge in [0.15, 0.2) is 10.8 Å². The summed E-state index contributed by atoms with van der Waals surface area (Å²) in [6.07, 6.45) is 2.91. The molecular weight excluding hydrogens is 288 g/mol. The second-order valence-corrected chi connectivity index (χ2v) is 6.01. The van der Waals surface area contributed by atoms with Gasteiger partial charge in [0.2, 0.25) is 0 Å². The molecule has 0 aliphatic rings. The number of hydrogen-bond acceptors (Lipinski definition) is 4. The molecule has 0 aromatic carbocycles. The van der Waals surface area contributed by atoms with Crippen molar-refractivity contribution in [2.24, 2.45) is 7.05 Å². The molecule has 0 saturated heterocycles. The maximum absolute atomic E-state index is 10.8. The van der Waals surface area contributed by atoms with E-state index in [2.05, 4.69) is 16.2 Å². The Hall–Kier alpha value is -1.76. The van der Waals surface area contributed by atoms with Crippen molar-refractivity contribution in [3.05, 3.63) is 17.3 Å². The van der Waals surface area contributed by atoms with Crippen LogP contribution in [0.4, 0.5) is 0 Å². The molecule has 21 heavy (non-hydrogen) atoms. The zero-order chi connectivity index (χ0) is 15.6. The largest absolute Gasteiger partial charge is 0.481 e. The summed E-state index contributed by atoms with van der Waals surface area (Å²) in [4.78, 5) is 15.4. The van der Waals surface area contributed by atoms with E-state index in [-0.39, 0.29) is 5.75 Å². The van der Waals surface area contributed by atoms with Crippen LogP contribution in [0.5, 0.6) is 0 Å². The predicted octanol–water partition coefficient (Wildman–Crippen LogP) is 2.48. The van der Waals surface area contributed by atoms with E-state index < -0.39 is 5.97 Å². The van der Waals surface area contributed by atoms with Crippen molar-refractivity contribution >= 4 is 28.9 Å². The quantitative estimate of drug-likeness (QED) is 0.655. The molecule has 6 nitrogen and oxygen atoms in total. The minimum atomic E-state index is -0.838. The molecule has 114 valence electrons. The maximum atomic E-state index is 10.8. The van der Waals surface area contributed by atoms with E-state index in [0.29, 0.717) is 6.54 Å². The topological polar surface area (TPSA) is 72.9 Å². The van der Waals surface area contributed by atoms with Crippen LogP contribution in [0.25, 0.3) is 11.2 Å². The first kappa shape index (κ1) is 15.6. The van der Waals surface area contributed by atoms with Crippen LogP contribution >= 0.6 is 11.8 Å². The Morgan fingerprint density at radius 1 is 1.43 bits per heavy atom. The minimum Gasteiger partial charge on any atom is -0.481 e. The van der Waals surface area contributed by atoms with E-state index in [1.807, 2.05) is 37.1 Å². The standard InChI is InChI=1S/C14H20N4O2S/c1-5-10-12-13(17(4)16-10)18(7-6-9(2)3)14(15-12)21-8-11(19)20/h6H,5,7-8H2,1-4H3,(H,19,20). The fourth-order valence-corrected chi connectivity index (χ4v) is 2.86. The highest BCUT2D eigenvalue weighted by molar-refractivity contribution is 7.99. The lowest BCUT2D eigenvalue weighted by molar-refractivity contribution is -0.133. The van der Waals surface area contributed by atoms with Gasteiger partial charge in [0, 0.05) is 13.6 Å². The highest BCUT2D eigenvalue weighted by atomic mass is 32.2. The molecular formula is C14H20N4O2S. The van der Waals surface area contributed by atoms with Crippen molar-refractivity contribution in [1.82, 2.24) is 19.3 Å². The monoisotopic (exact) mass is 308 g/mol. The third kappa shape index (κ3) is 3.29. The number of rotatable bonds is 6. The number of hydrogen-bond donors (Lipinski definition) is 1. The van der Waals surface area contributed by atoms with Crippen molar-refractivity contribution in [1.29, 1.82) is 0 Å². The lowest BCUT2D eigenvalue weighted by atomic mass is 10.3. The fourth-order valence-electron chi connectivity index (χ4n) is 2.13. The number of carbonyl (C=O) groups is 1. The Morgan fingerprint density at radius 3 is 2.71 bits per heavy atom. The first-order valence-electron chi connectivity index (χ1n) is 6.84. The Bertz CT molecular complexity index is 695. The van der Waals surface area contributed by atoms with Crippen LogP contribution in [0, 0.1) is 0 Å². The second-order valence-electron chi connectivity index (χ2n) is 5.06. The zero-order valence-corrected chi connectivity index (χ0v) is 13.6. The molecule has 7 heteroatoms. The molecule has 0 atom stereocenters.